The SMILES string of the molecule is CC(C)(C)Cc1cnc2c(c1)C(N1C[C@H]([C@H](Cc3ccc4c(c3)OCO4)NCl)OC1=O)CC1(CCC1)O2. The number of aromatic nitrogens is 1. The topological polar surface area (TPSA) is 82.2 Å². The lowest BCUT2D eigenvalue weighted by atomic mass is 9.72. The van der Waals surface area contributed by atoms with Crippen LogP contribution in [0.5, 0.6) is 17.4 Å². The molecule has 1 saturated carbocycles. The average Bonchev–Trinajstić information content (AvgIpc) is 3.46. The van der Waals surface area contributed by atoms with Crippen LogP contribution in [0.15, 0.2) is 30.5 Å². The zero-order valence-electron chi connectivity index (χ0n) is 21.6. The molecule has 3 aliphatic heterocycles. The minimum Gasteiger partial charge on any atom is -0.471 e. The molecule has 1 aromatic carbocycles. The molecule has 37 heavy (non-hydrogen) atoms. The van der Waals surface area contributed by atoms with Crippen molar-refractivity contribution in [1.29, 1.82) is 0 Å². The van der Waals surface area contributed by atoms with Crippen molar-refractivity contribution < 1.29 is 23.7 Å². The first-order valence-electron chi connectivity index (χ1n) is 13.1. The number of hydrogen-bond acceptors (Lipinski definition) is 7. The number of hydrogen-bond donors (Lipinski definition) is 1. The summed E-state index contributed by atoms with van der Waals surface area (Å²) in [5, 5.41) is 0. The van der Waals surface area contributed by atoms with Gasteiger partial charge in [-0.3, -0.25) is 4.90 Å². The van der Waals surface area contributed by atoms with Crippen LogP contribution in [-0.2, 0) is 17.6 Å². The van der Waals surface area contributed by atoms with Gasteiger partial charge < -0.3 is 18.9 Å². The molecule has 1 aliphatic carbocycles. The van der Waals surface area contributed by atoms with Gasteiger partial charge in [0.2, 0.25) is 12.7 Å². The molecule has 2 fully saturated rings. The molecule has 0 radical (unpaired) electrons. The third kappa shape index (κ3) is 4.81. The minimum atomic E-state index is -0.398. The number of carbonyl (C=O) groups is 1. The maximum atomic E-state index is 13.3. The fraction of sp³-hybridized carbons (Fsp3) is 0.571. The van der Waals surface area contributed by atoms with Gasteiger partial charge >= 0.3 is 6.09 Å². The van der Waals surface area contributed by atoms with Gasteiger partial charge in [0.15, 0.2) is 11.5 Å². The molecule has 6 rings (SSSR count). The molecule has 3 atom stereocenters. The van der Waals surface area contributed by atoms with Crippen molar-refractivity contribution in [3.05, 3.63) is 47.2 Å². The summed E-state index contributed by atoms with van der Waals surface area (Å²) in [5.41, 5.74) is 3.03. The molecular formula is C28H34ClN3O5. The molecule has 1 saturated heterocycles. The van der Waals surface area contributed by atoms with Gasteiger partial charge in [-0.05, 0) is 78.6 Å². The van der Waals surface area contributed by atoms with Crippen molar-refractivity contribution in [2.75, 3.05) is 13.3 Å². The molecular weight excluding hydrogens is 494 g/mol. The van der Waals surface area contributed by atoms with E-state index in [9.17, 15) is 4.79 Å². The van der Waals surface area contributed by atoms with Gasteiger partial charge in [-0.25, -0.2) is 14.6 Å². The van der Waals surface area contributed by atoms with Crippen LogP contribution in [0.2, 0.25) is 0 Å². The van der Waals surface area contributed by atoms with Gasteiger partial charge in [-0.1, -0.05) is 26.8 Å². The molecule has 4 aliphatic rings. The first kappa shape index (κ1) is 24.6. The Morgan fingerprint density at radius 3 is 2.73 bits per heavy atom. The lowest BCUT2D eigenvalue weighted by molar-refractivity contribution is -0.0517. The van der Waals surface area contributed by atoms with E-state index in [-0.39, 0.29) is 36.0 Å². The highest BCUT2D eigenvalue weighted by molar-refractivity contribution is 6.13. The summed E-state index contributed by atoms with van der Waals surface area (Å²) in [6.07, 6.45) is 6.53. The minimum absolute atomic E-state index is 0.127. The molecule has 4 heterocycles. The fourth-order valence-electron chi connectivity index (χ4n) is 5.94. The number of cyclic esters (lactones) is 1. The number of carbonyl (C=O) groups excluding carboxylic acids is 1. The Hall–Kier alpha value is -2.71. The number of ether oxygens (including phenoxy) is 4. The van der Waals surface area contributed by atoms with Gasteiger partial charge in [0.1, 0.15) is 11.7 Å². The van der Waals surface area contributed by atoms with E-state index in [1.165, 1.54) is 0 Å². The Morgan fingerprint density at radius 1 is 1.19 bits per heavy atom. The van der Waals surface area contributed by atoms with E-state index < -0.39 is 6.10 Å². The molecule has 1 spiro atoms. The van der Waals surface area contributed by atoms with Crippen LogP contribution in [0.1, 0.15) is 69.2 Å². The van der Waals surface area contributed by atoms with Crippen molar-refractivity contribution >= 4 is 17.9 Å². The lowest BCUT2D eigenvalue weighted by Crippen LogP contribution is -2.50. The third-order valence-corrected chi connectivity index (χ3v) is 8.17. The summed E-state index contributed by atoms with van der Waals surface area (Å²) in [6.45, 7) is 7.31. The Labute approximate surface area is 222 Å². The van der Waals surface area contributed by atoms with Crippen LogP contribution in [0.3, 0.4) is 0 Å². The predicted molar refractivity (Wildman–Crippen MR) is 138 cm³/mol. The second-order valence-electron chi connectivity index (χ2n) is 12.0. The Morgan fingerprint density at radius 2 is 2.00 bits per heavy atom. The van der Waals surface area contributed by atoms with E-state index in [1.807, 2.05) is 29.3 Å². The van der Waals surface area contributed by atoms with Crippen LogP contribution in [-0.4, -0.2) is 47.1 Å². The van der Waals surface area contributed by atoms with Gasteiger partial charge in [-0.2, -0.15) is 0 Å². The summed E-state index contributed by atoms with van der Waals surface area (Å²) < 4.78 is 23.3. The van der Waals surface area contributed by atoms with Crippen molar-refractivity contribution in [3.63, 3.8) is 0 Å². The number of fused-ring (bicyclic) bond motifs is 2. The van der Waals surface area contributed by atoms with Gasteiger partial charge in [0, 0.05) is 18.2 Å². The lowest BCUT2D eigenvalue weighted by Gasteiger charge is -2.48. The molecule has 0 bridgehead atoms. The normalized spacial score (nSPS) is 24.3. The maximum absolute atomic E-state index is 13.3. The van der Waals surface area contributed by atoms with E-state index >= 15 is 0 Å². The van der Waals surface area contributed by atoms with Crippen LogP contribution in [0.25, 0.3) is 0 Å². The van der Waals surface area contributed by atoms with Gasteiger partial charge in [-0.15, -0.1) is 0 Å². The maximum Gasteiger partial charge on any atom is 0.410 e. The van der Waals surface area contributed by atoms with Gasteiger partial charge in [0.05, 0.1) is 18.6 Å². The molecule has 2 aromatic rings. The molecule has 8 nitrogen and oxygen atoms in total. The Balaban J connectivity index is 1.24. The van der Waals surface area contributed by atoms with Crippen LogP contribution >= 0.6 is 11.8 Å². The molecule has 9 heteroatoms. The molecule has 1 unspecified atom stereocenters. The molecule has 198 valence electrons. The largest absolute Gasteiger partial charge is 0.471 e. The van der Waals surface area contributed by atoms with Gasteiger partial charge in [0.25, 0.3) is 0 Å². The standard InChI is InChI=1S/C28H34ClN3O5/c1-27(2,3)12-18-9-19-21(13-28(7-4-8-28)37-25(19)30-14-18)32-15-24(36-26(32)33)20(31-29)10-17-5-6-22-23(11-17)35-16-34-22/h5-6,9,11,14,20-21,24,31H,4,7-8,10,12-13,15-16H2,1-3H3/t20-,21?,24+/m0/s1. The van der Waals surface area contributed by atoms with Crippen LogP contribution < -0.4 is 19.0 Å². The second kappa shape index (κ2) is 9.24. The van der Waals surface area contributed by atoms with Crippen molar-refractivity contribution in [3.8, 4) is 17.4 Å². The summed E-state index contributed by atoms with van der Waals surface area (Å²) in [4.78, 5) is 22.7. The quantitative estimate of drug-likeness (QED) is 0.509. The molecule has 1 amide bonds. The highest BCUT2D eigenvalue weighted by Gasteiger charge is 2.51. The highest BCUT2D eigenvalue weighted by Crippen LogP contribution is 2.51. The van der Waals surface area contributed by atoms with Crippen LogP contribution in [0, 0.1) is 5.41 Å². The monoisotopic (exact) mass is 527 g/mol. The first-order valence-corrected chi connectivity index (χ1v) is 13.5. The summed E-state index contributed by atoms with van der Waals surface area (Å²) in [5.74, 6) is 2.11. The van der Waals surface area contributed by atoms with Crippen molar-refractivity contribution in [2.24, 2.45) is 5.41 Å². The second-order valence-corrected chi connectivity index (χ2v) is 12.2. The summed E-state index contributed by atoms with van der Waals surface area (Å²) in [6, 6.07) is 7.61. The van der Waals surface area contributed by atoms with Crippen molar-refractivity contribution in [2.45, 2.75) is 83.1 Å². The van der Waals surface area contributed by atoms with Crippen molar-refractivity contribution in [1.82, 2.24) is 14.7 Å². The smallest absolute Gasteiger partial charge is 0.410 e. The van der Waals surface area contributed by atoms with E-state index in [0.717, 1.165) is 60.3 Å². The van der Waals surface area contributed by atoms with Crippen LogP contribution in [0.4, 0.5) is 4.79 Å². The van der Waals surface area contributed by atoms with E-state index in [1.54, 1.807) is 0 Å². The number of amides is 1. The number of nitrogens with zero attached hydrogens (tertiary/aromatic N) is 2. The average molecular weight is 528 g/mol. The zero-order chi connectivity index (χ0) is 25.8. The first-order chi connectivity index (χ1) is 17.7. The number of pyridine rings is 1. The number of nitrogens with one attached hydrogen (secondary N) is 1. The fourth-order valence-corrected chi connectivity index (χ4v) is 6.16. The number of benzene rings is 1. The number of halogens is 1. The highest BCUT2D eigenvalue weighted by atomic mass is 35.5. The van der Waals surface area contributed by atoms with E-state index in [2.05, 4.69) is 31.7 Å². The number of rotatable bonds is 6. The summed E-state index contributed by atoms with van der Waals surface area (Å²) in [7, 11) is 0. The summed E-state index contributed by atoms with van der Waals surface area (Å²) >= 11 is 6.19. The van der Waals surface area contributed by atoms with E-state index in [4.69, 9.17) is 35.7 Å². The Bertz CT molecular complexity index is 1190. The molecule has 1 N–H and O–H groups in total. The van der Waals surface area contributed by atoms with E-state index in [0.29, 0.717) is 18.8 Å². The zero-order valence-corrected chi connectivity index (χ0v) is 22.3. The Kier molecular flexibility index (Phi) is 6.15. The molecule has 1 aromatic heterocycles. The predicted octanol–water partition coefficient (Wildman–Crippen LogP) is 5.32. The third-order valence-electron chi connectivity index (χ3n) is 7.89.